The molecule has 148 valence electrons. The fourth-order valence-corrected chi connectivity index (χ4v) is 7.85. The van der Waals surface area contributed by atoms with Crippen molar-refractivity contribution >= 4 is 5.91 Å². The minimum absolute atomic E-state index is 0.0687. The van der Waals surface area contributed by atoms with Gasteiger partial charge in [-0.1, -0.05) is 6.92 Å². The summed E-state index contributed by atoms with van der Waals surface area (Å²) in [6, 6.07) is 0. The smallest absolute Gasteiger partial charge is 0.221 e. The maximum Gasteiger partial charge on any atom is 0.221 e. The van der Waals surface area contributed by atoms with Gasteiger partial charge in [-0.2, -0.15) is 0 Å². The molecule has 26 heavy (non-hydrogen) atoms. The van der Waals surface area contributed by atoms with E-state index in [4.69, 9.17) is 10.5 Å². The van der Waals surface area contributed by atoms with Crippen molar-refractivity contribution in [1.29, 1.82) is 0 Å². The number of rotatable bonds is 4. The molecule has 4 rings (SSSR count). The van der Waals surface area contributed by atoms with Crippen LogP contribution in [0.25, 0.3) is 0 Å². The van der Waals surface area contributed by atoms with Crippen molar-refractivity contribution < 1.29 is 14.6 Å². The highest BCUT2D eigenvalue weighted by Crippen LogP contribution is 2.64. The molecule has 3 N–H and O–H groups in total. The van der Waals surface area contributed by atoms with Crippen LogP contribution in [-0.2, 0) is 9.53 Å². The number of hydrogen-bond acceptors (Lipinski definition) is 3. The Labute approximate surface area is 158 Å². The van der Waals surface area contributed by atoms with Gasteiger partial charge in [0.15, 0.2) is 0 Å². The monoisotopic (exact) mass is 363 g/mol. The molecule has 0 aromatic heterocycles. The predicted molar refractivity (Wildman–Crippen MR) is 101 cm³/mol. The van der Waals surface area contributed by atoms with Crippen LogP contribution < -0.4 is 5.73 Å². The summed E-state index contributed by atoms with van der Waals surface area (Å²) in [5.74, 6) is 3.71. The van der Waals surface area contributed by atoms with Gasteiger partial charge in [-0.15, -0.1) is 0 Å². The predicted octanol–water partition coefficient (Wildman–Crippen LogP) is 3.51. The SMILES string of the molecule is CCOC[C@@]1(O)CC[C@H]2[C@H](CC[C@@H]3[C@@H]2CC[C@]2(C)[C@@H](C(N)=O)CC[C@@H]32)C1. The number of carbonyl (C=O) groups is 1. The highest BCUT2D eigenvalue weighted by atomic mass is 16.5. The standard InChI is InChI=1S/C22H37NO3/c1-3-26-13-22(25)11-9-15-14(12-22)4-5-17-16(15)8-10-21(2)18(17)6-7-19(21)20(23)24/h14-19,25H,3-13H2,1-2H3,(H2,23,24)/t14-,15+,16-,17-,18+,19-,21+,22-/m1/s1. The van der Waals surface area contributed by atoms with Gasteiger partial charge in [0.1, 0.15) is 0 Å². The number of aliphatic hydroxyl groups is 1. The number of carbonyl (C=O) groups excluding carboxylic acids is 1. The van der Waals surface area contributed by atoms with E-state index in [1.807, 2.05) is 6.92 Å². The molecular formula is C22H37NO3. The van der Waals surface area contributed by atoms with Gasteiger partial charge in [-0.05, 0) is 99.7 Å². The fourth-order valence-electron chi connectivity index (χ4n) is 7.85. The summed E-state index contributed by atoms with van der Waals surface area (Å²) in [5.41, 5.74) is 5.30. The van der Waals surface area contributed by atoms with Gasteiger partial charge in [0.05, 0.1) is 12.2 Å². The second kappa shape index (κ2) is 6.77. The second-order valence-electron chi connectivity index (χ2n) is 10.1. The molecule has 0 heterocycles. The first-order chi connectivity index (χ1) is 12.4. The zero-order valence-corrected chi connectivity index (χ0v) is 16.6. The van der Waals surface area contributed by atoms with E-state index in [0.29, 0.717) is 25.0 Å². The third kappa shape index (κ3) is 2.92. The molecular weight excluding hydrogens is 326 g/mol. The maximum atomic E-state index is 12.0. The van der Waals surface area contributed by atoms with Gasteiger partial charge in [-0.25, -0.2) is 0 Å². The second-order valence-corrected chi connectivity index (χ2v) is 10.1. The molecule has 4 heteroatoms. The quantitative estimate of drug-likeness (QED) is 0.803. The molecule has 0 saturated heterocycles. The third-order valence-corrected chi connectivity index (χ3v) is 9.02. The summed E-state index contributed by atoms with van der Waals surface area (Å²) in [6.45, 7) is 5.54. The Morgan fingerprint density at radius 1 is 1.08 bits per heavy atom. The van der Waals surface area contributed by atoms with Gasteiger partial charge in [-0.3, -0.25) is 4.79 Å². The van der Waals surface area contributed by atoms with E-state index in [2.05, 4.69) is 6.92 Å². The minimum atomic E-state index is -0.600. The molecule has 4 nitrogen and oxygen atoms in total. The average molecular weight is 364 g/mol. The molecule has 4 fully saturated rings. The number of amides is 1. The highest BCUT2D eigenvalue weighted by Gasteiger charge is 2.58. The lowest BCUT2D eigenvalue weighted by Gasteiger charge is -2.57. The van der Waals surface area contributed by atoms with E-state index in [9.17, 15) is 9.90 Å². The Hall–Kier alpha value is -0.610. The van der Waals surface area contributed by atoms with E-state index >= 15 is 0 Å². The van der Waals surface area contributed by atoms with Crippen LogP contribution in [0.15, 0.2) is 0 Å². The molecule has 0 bridgehead atoms. The fraction of sp³-hybridized carbons (Fsp3) is 0.955. The summed E-state index contributed by atoms with van der Waals surface area (Å²) in [5, 5.41) is 10.9. The number of fused-ring (bicyclic) bond motifs is 5. The largest absolute Gasteiger partial charge is 0.387 e. The highest BCUT2D eigenvalue weighted by molar-refractivity contribution is 5.78. The average Bonchev–Trinajstić information content (AvgIpc) is 2.97. The van der Waals surface area contributed by atoms with Crippen LogP contribution in [0.3, 0.4) is 0 Å². The van der Waals surface area contributed by atoms with E-state index in [1.54, 1.807) is 0 Å². The van der Waals surface area contributed by atoms with Gasteiger partial charge >= 0.3 is 0 Å². The summed E-state index contributed by atoms with van der Waals surface area (Å²) in [6.07, 6.45) is 10.1. The van der Waals surface area contributed by atoms with Crippen LogP contribution in [0.5, 0.6) is 0 Å². The normalized spacial score (nSPS) is 50.6. The van der Waals surface area contributed by atoms with Crippen LogP contribution in [0, 0.1) is 40.9 Å². The summed E-state index contributed by atoms with van der Waals surface area (Å²) in [7, 11) is 0. The number of ether oxygens (including phenoxy) is 1. The molecule has 4 saturated carbocycles. The van der Waals surface area contributed by atoms with Crippen molar-refractivity contribution in [2.24, 2.45) is 46.7 Å². The van der Waals surface area contributed by atoms with Crippen molar-refractivity contribution in [3.05, 3.63) is 0 Å². The third-order valence-electron chi connectivity index (χ3n) is 9.02. The van der Waals surface area contributed by atoms with E-state index < -0.39 is 5.60 Å². The zero-order chi connectivity index (χ0) is 18.5. The molecule has 0 spiro atoms. The first kappa shape index (κ1) is 18.7. The van der Waals surface area contributed by atoms with Gasteiger partial charge in [0, 0.05) is 12.5 Å². The number of hydrogen-bond donors (Lipinski definition) is 2. The molecule has 4 aliphatic rings. The van der Waals surface area contributed by atoms with E-state index in [1.165, 1.54) is 32.1 Å². The molecule has 8 atom stereocenters. The Balaban J connectivity index is 1.47. The Morgan fingerprint density at radius 2 is 1.85 bits per heavy atom. The lowest BCUT2D eigenvalue weighted by Crippen LogP contribution is -2.52. The van der Waals surface area contributed by atoms with Gasteiger partial charge in [0.25, 0.3) is 0 Å². The lowest BCUT2D eigenvalue weighted by atomic mass is 9.49. The molecule has 0 aromatic carbocycles. The summed E-state index contributed by atoms with van der Waals surface area (Å²) >= 11 is 0. The zero-order valence-electron chi connectivity index (χ0n) is 16.6. The van der Waals surface area contributed by atoms with Gasteiger partial charge in [0.2, 0.25) is 5.91 Å². The lowest BCUT2D eigenvalue weighted by molar-refractivity contribution is -0.136. The molecule has 0 unspecified atom stereocenters. The molecule has 0 radical (unpaired) electrons. The van der Waals surface area contributed by atoms with Crippen molar-refractivity contribution in [3.63, 3.8) is 0 Å². The maximum absolute atomic E-state index is 12.0. The van der Waals surface area contributed by atoms with E-state index in [-0.39, 0.29) is 17.2 Å². The molecule has 1 amide bonds. The summed E-state index contributed by atoms with van der Waals surface area (Å²) in [4.78, 5) is 12.0. The van der Waals surface area contributed by atoms with Crippen molar-refractivity contribution in [3.8, 4) is 0 Å². The Morgan fingerprint density at radius 3 is 2.58 bits per heavy atom. The number of primary amides is 1. The Kier molecular flexibility index (Phi) is 4.88. The first-order valence-electron chi connectivity index (χ1n) is 11.0. The van der Waals surface area contributed by atoms with Crippen LogP contribution in [0.4, 0.5) is 0 Å². The van der Waals surface area contributed by atoms with Crippen molar-refractivity contribution in [2.75, 3.05) is 13.2 Å². The van der Waals surface area contributed by atoms with Gasteiger partial charge < -0.3 is 15.6 Å². The van der Waals surface area contributed by atoms with Crippen molar-refractivity contribution in [1.82, 2.24) is 0 Å². The Bertz CT molecular complexity index is 552. The number of nitrogens with two attached hydrogens (primary N) is 1. The molecule has 0 aliphatic heterocycles. The van der Waals surface area contributed by atoms with Crippen molar-refractivity contribution in [2.45, 2.75) is 77.2 Å². The molecule has 0 aromatic rings. The van der Waals surface area contributed by atoms with Crippen LogP contribution in [-0.4, -0.2) is 29.8 Å². The van der Waals surface area contributed by atoms with E-state index in [0.717, 1.165) is 43.4 Å². The van der Waals surface area contributed by atoms with Crippen LogP contribution >= 0.6 is 0 Å². The topological polar surface area (TPSA) is 72.6 Å². The minimum Gasteiger partial charge on any atom is -0.387 e. The summed E-state index contributed by atoms with van der Waals surface area (Å²) < 4.78 is 5.57. The van der Waals surface area contributed by atoms with Crippen LogP contribution in [0.2, 0.25) is 0 Å². The molecule has 4 aliphatic carbocycles. The first-order valence-corrected chi connectivity index (χ1v) is 11.0. The van der Waals surface area contributed by atoms with Crippen LogP contribution in [0.1, 0.15) is 71.6 Å².